The maximum absolute atomic E-state index is 13.1. The SMILES string of the molecule is CC(C)(NC(=O)CCS(C)(=O)=O)c1cccc(F)c1. The van der Waals surface area contributed by atoms with Gasteiger partial charge in [0, 0.05) is 12.7 Å². The van der Waals surface area contributed by atoms with Gasteiger partial charge in [-0.1, -0.05) is 12.1 Å². The first kappa shape index (κ1) is 15.6. The molecule has 0 aliphatic heterocycles. The predicted molar refractivity (Wildman–Crippen MR) is 71.9 cm³/mol. The average molecular weight is 287 g/mol. The van der Waals surface area contributed by atoms with Crippen LogP contribution in [0, 0.1) is 5.82 Å². The third kappa shape index (κ3) is 5.38. The zero-order valence-electron chi connectivity index (χ0n) is 11.2. The molecule has 19 heavy (non-hydrogen) atoms. The number of carbonyl (C=O) groups is 1. The van der Waals surface area contributed by atoms with E-state index in [-0.39, 0.29) is 23.9 Å². The van der Waals surface area contributed by atoms with Crippen molar-refractivity contribution in [2.75, 3.05) is 12.0 Å². The van der Waals surface area contributed by atoms with E-state index in [9.17, 15) is 17.6 Å². The zero-order valence-corrected chi connectivity index (χ0v) is 12.1. The molecular weight excluding hydrogens is 269 g/mol. The van der Waals surface area contributed by atoms with Crippen molar-refractivity contribution in [3.63, 3.8) is 0 Å². The molecule has 1 rings (SSSR count). The van der Waals surface area contributed by atoms with Crippen LogP contribution in [-0.2, 0) is 20.2 Å². The molecule has 6 heteroatoms. The molecule has 4 nitrogen and oxygen atoms in total. The Morgan fingerprint density at radius 3 is 2.53 bits per heavy atom. The predicted octanol–water partition coefficient (Wildman–Crippen LogP) is 1.61. The highest BCUT2D eigenvalue weighted by atomic mass is 32.2. The van der Waals surface area contributed by atoms with Crippen LogP contribution in [0.3, 0.4) is 0 Å². The molecule has 1 N–H and O–H groups in total. The summed E-state index contributed by atoms with van der Waals surface area (Å²) in [4.78, 5) is 11.7. The Kier molecular flexibility index (Phi) is 4.68. The average Bonchev–Trinajstić information content (AvgIpc) is 2.25. The van der Waals surface area contributed by atoms with Crippen LogP contribution in [0.1, 0.15) is 25.8 Å². The number of sulfone groups is 1. The van der Waals surface area contributed by atoms with Gasteiger partial charge in [0.05, 0.1) is 11.3 Å². The van der Waals surface area contributed by atoms with Crippen molar-refractivity contribution in [2.24, 2.45) is 0 Å². The first-order valence-electron chi connectivity index (χ1n) is 5.85. The normalized spacial score (nSPS) is 12.2. The van der Waals surface area contributed by atoms with Gasteiger partial charge < -0.3 is 5.32 Å². The number of amides is 1. The van der Waals surface area contributed by atoms with Gasteiger partial charge in [-0.2, -0.15) is 0 Å². The number of benzene rings is 1. The summed E-state index contributed by atoms with van der Waals surface area (Å²) in [7, 11) is -3.17. The van der Waals surface area contributed by atoms with Gasteiger partial charge in [-0.05, 0) is 31.5 Å². The van der Waals surface area contributed by atoms with E-state index in [1.54, 1.807) is 26.0 Å². The second kappa shape index (κ2) is 5.69. The largest absolute Gasteiger partial charge is 0.347 e. The summed E-state index contributed by atoms with van der Waals surface area (Å²) < 4.78 is 35.1. The molecule has 0 radical (unpaired) electrons. The first-order valence-corrected chi connectivity index (χ1v) is 7.91. The highest BCUT2D eigenvalue weighted by Gasteiger charge is 2.23. The Morgan fingerprint density at radius 2 is 2.00 bits per heavy atom. The fourth-order valence-electron chi connectivity index (χ4n) is 1.64. The summed E-state index contributed by atoms with van der Waals surface area (Å²) >= 11 is 0. The number of carbonyl (C=O) groups excluding carboxylic acids is 1. The van der Waals surface area contributed by atoms with Crippen LogP contribution in [0.15, 0.2) is 24.3 Å². The molecule has 0 heterocycles. The summed E-state index contributed by atoms with van der Waals surface area (Å²) in [6, 6.07) is 5.94. The van der Waals surface area contributed by atoms with E-state index in [1.165, 1.54) is 12.1 Å². The van der Waals surface area contributed by atoms with E-state index in [1.807, 2.05) is 0 Å². The van der Waals surface area contributed by atoms with E-state index in [0.717, 1.165) is 6.26 Å². The van der Waals surface area contributed by atoms with Crippen LogP contribution in [-0.4, -0.2) is 26.3 Å². The molecule has 0 saturated carbocycles. The molecule has 0 atom stereocenters. The number of rotatable bonds is 5. The van der Waals surface area contributed by atoms with Crippen molar-refractivity contribution >= 4 is 15.7 Å². The molecule has 0 aromatic heterocycles. The lowest BCUT2D eigenvalue weighted by atomic mass is 9.94. The van der Waals surface area contributed by atoms with E-state index in [0.29, 0.717) is 5.56 Å². The quantitative estimate of drug-likeness (QED) is 0.895. The van der Waals surface area contributed by atoms with Crippen LogP contribution in [0.5, 0.6) is 0 Å². The number of hydrogen-bond acceptors (Lipinski definition) is 3. The van der Waals surface area contributed by atoms with Crippen molar-refractivity contribution in [3.8, 4) is 0 Å². The molecule has 0 bridgehead atoms. The van der Waals surface area contributed by atoms with Crippen molar-refractivity contribution < 1.29 is 17.6 Å². The number of nitrogens with one attached hydrogen (secondary N) is 1. The van der Waals surface area contributed by atoms with Crippen LogP contribution < -0.4 is 5.32 Å². The highest BCUT2D eigenvalue weighted by molar-refractivity contribution is 7.90. The smallest absolute Gasteiger partial charge is 0.221 e. The zero-order chi connectivity index (χ0) is 14.7. The minimum atomic E-state index is -3.17. The molecule has 1 aromatic rings. The Balaban J connectivity index is 2.72. The molecule has 0 spiro atoms. The Morgan fingerprint density at radius 1 is 1.37 bits per heavy atom. The second-order valence-corrected chi connectivity index (χ2v) is 7.32. The van der Waals surface area contributed by atoms with Crippen LogP contribution in [0.4, 0.5) is 4.39 Å². The summed E-state index contributed by atoms with van der Waals surface area (Å²) in [5.74, 6) is -0.950. The van der Waals surface area contributed by atoms with Gasteiger partial charge in [-0.15, -0.1) is 0 Å². The lowest BCUT2D eigenvalue weighted by Crippen LogP contribution is -2.41. The molecule has 1 aromatic carbocycles. The molecule has 0 aliphatic carbocycles. The Hall–Kier alpha value is -1.43. The van der Waals surface area contributed by atoms with Gasteiger partial charge in [-0.25, -0.2) is 12.8 Å². The number of halogens is 1. The van der Waals surface area contributed by atoms with Gasteiger partial charge in [0.25, 0.3) is 0 Å². The molecule has 0 fully saturated rings. The molecular formula is C13H18FNO3S. The molecule has 0 aliphatic rings. The third-order valence-electron chi connectivity index (χ3n) is 2.70. The molecule has 106 valence electrons. The minimum absolute atomic E-state index is 0.0996. The molecule has 0 unspecified atom stereocenters. The van der Waals surface area contributed by atoms with E-state index >= 15 is 0 Å². The summed E-state index contributed by atoms with van der Waals surface area (Å²) in [6.45, 7) is 3.47. The minimum Gasteiger partial charge on any atom is -0.347 e. The highest BCUT2D eigenvalue weighted by Crippen LogP contribution is 2.20. The van der Waals surface area contributed by atoms with Crippen molar-refractivity contribution in [3.05, 3.63) is 35.6 Å². The monoisotopic (exact) mass is 287 g/mol. The van der Waals surface area contributed by atoms with Gasteiger partial charge in [-0.3, -0.25) is 4.79 Å². The lowest BCUT2D eigenvalue weighted by molar-refractivity contribution is -0.122. The van der Waals surface area contributed by atoms with Gasteiger partial charge in [0.15, 0.2) is 0 Å². The Bertz CT molecular complexity index is 567. The molecule has 1 amide bonds. The summed E-state index contributed by atoms with van der Waals surface area (Å²) in [5.41, 5.74) is -0.128. The van der Waals surface area contributed by atoms with Gasteiger partial charge >= 0.3 is 0 Å². The lowest BCUT2D eigenvalue weighted by Gasteiger charge is -2.27. The summed E-state index contributed by atoms with van der Waals surface area (Å²) in [6.07, 6.45) is 0.982. The number of hydrogen-bond donors (Lipinski definition) is 1. The topological polar surface area (TPSA) is 63.2 Å². The van der Waals surface area contributed by atoms with E-state index < -0.39 is 15.4 Å². The maximum Gasteiger partial charge on any atom is 0.221 e. The van der Waals surface area contributed by atoms with Crippen LogP contribution in [0.25, 0.3) is 0 Å². The summed E-state index contributed by atoms with van der Waals surface area (Å²) in [5, 5.41) is 2.70. The van der Waals surface area contributed by atoms with Crippen LogP contribution in [0.2, 0.25) is 0 Å². The fraction of sp³-hybridized carbons (Fsp3) is 0.462. The fourth-order valence-corrected chi connectivity index (χ4v) is 2.19. The van der Waals surface area contributed by atoms with Gasteiger partial charge in [0.2, 0.25) is 5.91 Å². The maximum atomic E-state index is 13.1. The van der Waals surface area contributed by atoms with Gasteiger partial charge in [0.1, 0.15) is 15.7 Å². The van der Waals surface area contributed by atoms with E-state index in [4.69, 9.17) is 0 Å². The van der Waals surface area contributed by atoms with Crippen LogP contribution >= 0.6 is 0 Å². The van der Waals surface area contributed by atoms with Crippen molar-refractivity contribution in [1.29, 1.82) is 0 Å². The third-order valence-corrected chi connectivity index (χ3v) is 3.64. The first-order chi connectivity index (χ1) is 8.60. The van der Waals surface area contributed by atoms with Crippen molar-refractivity contribution in [1.82, 2.24) is 5.32 Å². The molecule has 0 saturated heterocycles. The second-order valence-electron chi connectivity index (χ2n) is 5.06. The van der Waals surface area contributed by atoms with E-state index in [2.05, 4.69) is 5.32 Å². The standard InChI is InChI=1S/C13H18FNO3S/c1-13(2,10-5-4-6-11(14)9-10)15-12(16)7-8-19(3,17)18/h4-6,9H,7-8H2,1-3H3,(H,15,16). The Labute approximate surface area is 112 Å². The van der Waals surface area contributed by atoms with Crippen molar-refractivity contribution in [2.45, 2.75) is 25.8 Å².